The Kier molecular flexibility index (Phi) is 9.91. The van der Waals surface area contributed by atoms with Gasteiger partial charge in [0.15, 0.2) is 0 Å². The number of alkyl halides is 1. The number of halogens is 2. The minimum absolute atomic E-state index is 0. The first-order chi connectivity index (χ1) is 3.27. The van der Waals surface area contributed by atoms with Crippen LogP contribution in [-0.4, -0.2) is 12.7 Å². The molecule has 1 unspecified atom stereocenters. The van der Waals surface area contributed by atoms with E-state index in [-0.39, 0.29) is 12.4 Å². The van der Waals surface area contributed by atoms with Crippen molar-refractivity contribution in [2.24, 2.45) is 5.73 Å². The predicted octanol–water partition coefficient (Wildman–Crippen LogP) is 1.51. The van der Waals surface area contributed by atoms with Crippen LogP contribution in [0.25, 0.3) is 0 Å². The zero-order valence-corrected chi connectivity index (χ0v) is 5.88. The molecule has 0 amide bonds. The maximum atomic E-state index is 11.8. The molecule has 0 aromatic carbocycles. The Morgan fingerprint density at radius 1 is 1.62 bits per heavy atom. The number of hydrogen-bond donors (Lipinski definition) is 1. The Bertz CT molecular complexity index is 41.4. The first-order valence-electron chi connectivity index (χ1n) is 2.61. The average Bonchev–Trinajstić information content (AvgIpc) is 1.61. The van der Waals surface area contributed by atoms with Crippen molar-refractivity contribution in [1.82, 2.24) is 0 Å². The fraction of sp³-hybridized carbons (Fsp3) is 1.00. The lowest BCUT2D eigenvalue weighted by atomic mass is 10.2. The molecule has 0 saturated heterocycles. The van der Waals surface area contributed by atoms with Crippen molar-refractivity contribution in [3.8, 4) is 0 Å². The minimum Gasteiger partial charge on any atom is -0.330 e. The zero-order chi connectivity index (χ0) is 5.70. The van der Waals surface area contributed by atoms with E-state index in [0.29, 0.717) is 13.0 Å². The standard InChI is InChI=1S/C5H12FN.ClH/c1-5(6)3-2-4-7;/h5H,2-4,7H2,1H3;1H. The van der Waals surface area contributed by atoms with Gasteiger partial charge in [0, 0.05) is 0 Å². The summed E-state index contributed by atoms with van der Waals surface area (Å²) < 4.78 is 11.8. The Labute approximate surface area is 55.9 Å². The minimum atomic E-state index is -0.677. The third-order valence-electron chi connectivity index (χ3n) is 0.806. The molecule has 0 heterocycles. The zero-order valence-electron chi connectivity index (χ0n) is 5.06. The molecule has 8 heavy (non-hydrogen) atoms. The fourth-order valence-electron chi connectivity index (χ4n) is 0.399. The Balaban J connectivity index is 0. The molecule has 3 heteroatoms. The van der Waals surface area contributed by atoms with Gasteiger partial charge < -0.3 is 5.73 Å². The molecule has 0 aliphatic heterocycles. The molecule has 0 spiro atoms. The lowest BCUT2D eigenvalue weighted by molar-refractivity contribution is 0.336. The van der Waals surface area contributed by atoms with Crippen LogP contribution in [0, 0.1) is 0 Å². The third-order valence-corrected chi connectivity index (χ3v) is 0.806. The lowest BCUT2D eigenvalue weighted by Gasteiger charge is -1.95. The van der Waals surface area contributed by atoms with E-state index < -0.39 is 6.17 Å². The van der Waals surface area contributed by atoms with E-state index in [1.165, 1.54) is 0 Å². The molecule has 52 valence electrons. The van der Waals surface area contributed by atoms with Gasteiger partial charge in [0.1, 0.15) is 0 Å². The Hall–Kier alpha value is 0.180. The molecule has 0 radical (unpaired) electrons. The average molecular weight is 142 g/mol. The summed E-state index contributed by atoms with van der Waals surface area (Å²) in [5.74, 6) is 0. The maximum Gasteiger partial charge on any atom is 0.0974 e. The van der Waals surface area contributed by atoms with Crippen LogP contribution in [0.1, 0.15) is 19.8 Å². The van der Waals surface area contributed by atoms with Crippen LogP contribution in [0.4, 0.5) is 4.39 Å². The molecule has 0 rings (SSSR count). The van der Waals surface area contributed by atoms with Crippen LogP contribution < -0.4 is 5.73 Å². The Morgan fingerprint density at radius 2 is 2.12 bits per heavy atom. The van der Waals surface area contributed by atoms with E-state index in [1.54, 1.807) is 6.92 Å². The van der Waals surface area contributed by atoms with E-state index >= 15 is 0 Å². The van der Waals surface area contributed by atoms with Gasteiger partial charge in [0.25, 0.3) is 0 Å². The SMILES string of the molecule is CC(F)CCCN.Cl. The van der Waals surface area contributed by atoms with Crippen molar-refractivity contribution in [3.63, 3.8) is 0 Å². The van der Waals surface area contributed by atoms with Crippen LogP contribution in [0.5, 0.6) is 0 Å². The summed E-state index contributed by atoms with van der Waals surface area (Å²) in [6, 6.07) is 0. The van der Waals surface area contributed by atoms with Crippen molar-refractivity contribution in [1.29, 1.82) is 0 Å². The summed E-state index contributed by atoms with van der Waals surface area (Å²) in [6.45, 7) is 2.16. The van der Waals surface area contributed by atoms with E-state index in [9.17, 15) is 4.39 Å². The van der Waals surface area contributed by atoms with Crippen molar-refractivity contribution in [3.05, 3.63) is 0 Å². The van der Waals surface area contributed by atoms with Gasteiger partial charge in [0.05, 0.1) is 6.17 Å². The van der Waals surface area contributed by atoms with Gasteiger partial charge in [-0.3, -0.25) is 0 Å². The molecule has 2 N–H and O–H groups in total. The summed E-state index contributed by atoms with van der Waals surface area (Å²) in [5.41, 5.74) is 5.11. The van der Waals surface area contributed by atoms with Gasteiger partial charge in [-0.2, -0.15) is 0 Å². The molecule has 0 aromatic rings. The van der Waals surface area contributed by atoms with Crippen molar-refractivity contribution in [2.45, 2.75) is 25.9 Å². The number of hydrogen-bond acceptors (Lipinski definition) is 1. The number of rotatable bonds is 3. The smallest absolute Gasteiger partial charge is 0.0974 e. The second kappa shape index (κ2) is 7.18. The lowest BCUT2D eigenvalue weighted by Crippen LogP contribution is -2.01. The van der Waals surface area contributed by atoms with E-state index in [0.717, 1.165) is 6.42 Å². The van der Waals surface area contributed by atoms with Crippen LogP contribution in [0.15, 0.2) is 0 Å². The Morgan fingerprint density at radius 3 is 2.25 bits per heavy atom. The topological polar surface area (TPSA) is 26.0 Å². The van der Waals surface area contributed by atoms with E-state index in [1.807, 2.05) is 0 Å². The molecule has 0 aromatic heterocycles. The second-order valence-corrected chi connectivity index (χ2v) is 1.71. The second-order valence-electron chi connectivity index (χ2n) is 1.71. The summed E-state index contributed by atoms with van der Waals surface area (Å²) in [4.78, 5) is 0. The maximum absolute atomic E-state index is 11.8. The summed E-state index contributed by atoms with van der Waals surface area (Å²) in [6.07, 6.45) is 0.734. The molecule has 0 aliphatic carbocycles. The van der Waals surface area contributed by atoms with Crippen molar-refractivity contribution < 1.29 is 4.39 Å². The quantitative estimate of drug-likeness (QED) is 0.634. The van der Waals surface area contributed by atoms with E-state index in [2.05, 4.69) is 0 Å². The highest BCUT2D eigenvalue weighted by atomic mass is 35.5. The van der Waals surface area contributed by atoms with Gasteiger partial charge in [-0.25, -0.2) is 4.39 Å². The first kappa shape index (κ1) is 11.0. The highest BCUT2D eigenvalue weighted by Gasteiger charge is 1.93. The van der Waals surface area contributed by atoms with Crippen LogP contribution in [0.2, 0.25) is 0 Å². The van der Waals surface area contributed by atoms with Gasteiger partial charge in [-0.05, 0) is 26.3 Å². The predicted molar refractivity (Wildman–Crippen MR) is 36.1 cm³/mol. The van der Waals surface area contributed by atoms with Gasteiger partial charge in [0.2, 0.25) is 0 Å². The highest BCUT2D eigenvalue weighted by Crippen LogP contribution is 1.97. The normalized spacial score (nSPS) is 12.4. The van der Waals surface area contributed by atoms with Crippen LogP contribution >= 0.6 is 12.4 Å². The molecule has 0 fully saturated rings. The summed E-state index contributed by atoms with van der Waals surface area (Å²) >= 11 is 0. The highest BCUT2D eigenvalue weighted by molar-refractivity contribution is 5.85. The summed E-state index contributed by atoms with van der Waals surface area (Å²) in [7, 11) is 0. The van der Waals surface area contributed by atoms with Gasteiger partial charge >= 0.3 is 0 Å². The van der Waals surface area contributed by atoms with E-state index in [4.69, 9.17) is 5.73 Å². The molecular weight excluding hydrogens is 129 g/mol. The van der Waals surface area contributed by atoms with Crippen molar-refractivity contribution in [2.75, 3.05) is 6.54 Å². The molecular formula is C5H13ClFN. The number of nitrogens with two attached hydrogens (primary N) is 1. The molecule has 0 saturated carbocycles. The molecule has 0 aliphatic rings. The third kappa shape index (κ3) is 9.49. The van der Waals surface area contributed by atoms with Gasteiger partial charge in [-0.15, -0.1) is 12.4 Å². The monoisotopic (exact) mass is 141 g/mol. The fourth-order valence-corrected chi connectivity index (χ4v) is 0.399. The van der Waals surface area contributed by atoms with Crippen LogP contribution in [0.3, 0.4) is 0 Å². The van der Waals surface area contributed by atoms with Gasteiger partial charge in [-0.1, -0.05) is 0 Å². The summed E-state index contributed by atoms with van der Waals surface area (Å²) in [5, 5.41) is 0. The molecule has 1 nitrogen and oxygen atoms in total. The van der Waals surface area contributed by atoms with Crippen molar-refractivity contribution >= 4 is 12.4 Å². The largest absolute Gasteiger partial charge is 0.330 e. The molecule has 1 atom stereocenters. The molecule has 0 bridgehead atoms. The first-order valence-corrected chi connectivity index (χ1v) is 2.61. The van der Waals surface area contributed by atoms with Crippen LogP contribution in [-0.2, 0) is 0 Å².